The second kappa shape index (κ2) is 8.15. The number of benzene rings is 2. The standard InChI is InChI=1S/C23H21BrN2O2/c1-15(12-16-10-11-22(24)25-13-16)26-23(27)28-14-21-19-8-4-2-6-17(19)18-7-3-5-9-20(18)21/h2-11,13,15,21H,12,14H2,1H3,(H,26,27)/t15-/m1/s1. The van der Waals surface area contributed by atoms with Crippen molar-refractivity contribution in [1.82, 2.24) is 10.3 Å². The van der Waals surface area contributed by atoms with E-state index in [0.717, 1.165) is 10.2 Å². The van der Waals surface area contributed by atoms with E-state index in [1.807, 2.05) is 43.3 Å². The molecule has 0 bridgehead atoms. The van der Waals surface area contributed by atoms with Gasteiger partial charge in [0.2, 0.25) is 0 Å². The summed E-state index contributed by atoms with van der Waals surface area (Å²) in [6.45, 7) is 2.29. The first kappa shape index (κ1) is 18.7. The molecular formula is C23H21BrN2O2. The number of halogens is 1. The molecule has 0 aliphatic heterocycles. The lowest BCUT2D eigenvalue weighted by molar-refractivity contribution is 0.139. The van der Waals surface area contributed by atoms with Crippen molar-refractivity contribution < 1.29 is 9.53 Å². The van der Waals surface area contributed by atoms with Crippen molar-refractivity contribution in [2.75, 3.05) is 6.61 Å². The summed E-state index contributed by atoms with van der Waals surface area (Å²) < 4.78 is 6.39. The first-order valence-electron chi connectivity index (χ1n) is 9.34. The monoisotopic (exact) mass is 436 g/mol. The van der Waals surface area contributed by atoms with Crippen LogP contribution in [-0.4, -0.2) is 23.7 Å². The third-order valence-corrected chi connectivity index (χ3v) is 5.51. The number of carbonyl (C=O) groups is 1. The minimum atomic E-state index is -0.389. The number of rotatable bonds is 5. The summed E-state index contributed by atoms with van der Waals surface area (Å²) in [4.78, 5) is 16.5. The molecule has 0 saturated heterocycles. The molecule has 28 heavy (non-hydrogen) atoms. The van der Waals surface area contributed by atoms with E-state index in [2.05, 4.69) is 50.5 Å². The Morgan fingerprint density at radius 2 is 1.71 bits per heavy atom. The number of nitrogens with zero attached hydrogens (tertiary/aromatic N) is 1. The smallest absolute Gasteiger partial charge is 0.407 e. The Labute approximate surface area is 173 Å². The summed E-state index contributed by atoms with van der Waals surface area (Å²) in [5, 5.41) is 2.91. The van der Waals surface area contributed by atoms with E-state index >= 15 is 0 Å². The molecule has 2 aromatic carbocycles. The van der Waals surface area contributed by atoms with E-state index < -0.39 is 0 Å². The zero-order valence-corrected chi connectivity index (χ0v) is 17.1. The molecule has 5 heteroatoms. The van der Waals surface area contributed by atoms with Crippen LogP contribution in [0.5, 0.6) is 0 Å². The maximum atomic E-state index is 12.3. The molecule has 0 unspecified atom stereocenters. The van der Waals surface area contributed by atoms with Gasteiger partial charge in [0.15, 0.2) is 0 Å². The van der Waals surface area contributed by atoms with Gasteiger partial charge in [0.25, 0.3) is 0 Å². The number of fused-ring (bicyclic) bond motifs is 3. The van der Waals surface area contributed by atoms with Crippen LogP contribution >= 0.6 is 15.9 Å². The average Bonchev–Trinajstić information content (AvgIpc) is 3.02. The summed E-state index contributed by atoms with van der Waals surface area (Å²) in [7, 11) is 0. The van der Waals surface area contributed by atoms with E-state index in [-0.39, 0.29) is 18.1 Å². The maximum absolute atomic E-state index is 12.3. The first-order chi connectivity index (χ1) is 13.6. The summed E-state index contributed by atoms with van der Waals surface area (Å²) in [6.07, 6.45) is 2.12. The van der Waals surface area contributed by atoms with Gasteiger partial charge in [-0.2, -0.15) is 0 Å². The highest BCUT2D eigenvalue weighted by Crippen LogP contribution is 2.44. The van der Waals surface area contributed by atoms with Crippen LogP contribution < -0.4 is 5.32 Å². The second-order valence-corrected chi connectivity index (χ2v) is 7.88. The Balaban J connectivity index is 1.38. The van der Waals surface area contributed by atoms with Crippen molar-refractivity contribution in [2.24, 2.45) is 0 Å². The number of pyridine rings is 1. The predicted octanol–water partition coefficient (Wildman–Crippen LogP) is 5.31. The highest BCUT2D eigenvalue weighted by molar-refractivity contribution is 9.10. The fourth-order valence-corrected chi connectivity index (χ4v) is 4.01. The van der Waals surface area contributed by atoms with Gasteiger partial charge < -0.3 is 10.1 Å². The third-order valence-electron chi connectivity index (χ3n) is 5.04. The van der Waals surface area contributed by atoms with Gasteiger partial charge in [0.1, 0.15) is 11.2 Å². The zero-order chi connectivity index (χ0) is 19.5. The fraction of sp³-hybridized carbons (Fsp3) is 0.217. The molecule has 1 amide bonds. The van der Waals surface area contributed by atoms with Crippen molar-refractivity contribution in [3.05, 3.63) is 88.2 Å². The topological polar surface area (TPSA) is 51.2 Å². The normalized spacial score (nSPS) is 13.5. The van der Waals surface area contributed by atoms with Gasteiger partial charge in [0.05, 0.1) is 0 Å². The number of aromatic nitrogens is 1. The highest BCUT2D eigenvalue weighted by Gasteiger charge is 2.29. The van der Waals surface area contributed by atoms with Crippen molar-refractivity contribution in [3.8, 4) is 11.1 Å². The number of carbonyl (C=O) groups excluding carboxylic acids is 1. The molecule has 0 radical (unpaired) electrons. The minimum absolute atomic E-state index is 0.0429. The van der Waals surface area contributed by atoms with Crippen LogP contribution in [-0.2, 0) is 11.2 Å². The number of ether oxygens (including phenoxy) is 1. The molecule has 3 aromatic rings. The lowest BCUT2D eigenvalue weighted by Crippen LogP contribution is -2.35. The summed E-state index contributed by atoms with van der Waals surface area (Å²) in [6, 6.07) is 20.5. The maximum Gasteiger partial charge on any atom is 0.407 e. The van der Waals surface area contributed by atoms with Crippen LogP contribution in [0.25, 0.3) is 11.1 Å². The Hall–Kier alpha value is -2.66. The van der Waals surface area contributed by atoms with Gasteiger partial charge in [-0.1, -0.05) is 54.6 Å². The van der Waals surface area contributed by atoms with Crippen molar-refractivity contribution in [2.45, 2.75) is 25.3 Å². The zero-order valence-electron chi connectivity index (χ0n) is 15.6. The molecule has 0 fully saturated rings. The Kier molecular flexibility index (Phi) is 5.44. The molecule has 1 aliphatic rings. The van der Waals surface area contributed by atoms with Gasteiger partial charge in [-0.3, -0.25) is 0 Å². The number of hydrogen-bond donors (Lipinski definition) is 1. The lowest BCUT2D eigenvalue weighted by atomic mass is 9.98. The summed E-state index contributed by atoms with van der Waals surface area (Å²) in [5.41, 5.74) is 5.94. The Bertz CT molecular complexity index is 942. The summed E-state index contributed by atoms with van der Waals surface area (Å²) >= 11 is 3.33. The Morgan fingerprint density at radius 1 is 1.07 bits per heavy atom. The molecule has 0 spiro atoms. The average molecular weight is 437 g/mol. The molecule has 4 rings (SSSR count). The number of hydrogen-bond acceptors (Lipinski definition) is 3. The molecule has 1 aromatic heterocycles. The quantitative estimate of drug-likeness (QED) is 0.551. The van der Waals surface area contributed by atoms with E-state index in [4.69, 9.17) is 4.74 Å². The van der Waals surface area contributed by atoms with Gasteiger partial charge in [-0.15, -0.1) is 0 Å². The SMILES string of the molecule is C[C@H](Cc1ccc(Br)nc1)NC(=O)OCC1c2ccccc2-c2ccccc21. The van der Waals surface area contributed by atoms with Crippen LogP contribution in [0.4, 0.5) is 4.79 Å². The van der Waals surface area contributed by atoms with Gasteiger partial charge in [0, 0.05) is 18.2 Å². The van der Waals surface area contributed by atoms with Gasteiger partial charge in [-0.25, -0.2) is 9.78 Å². The molecule has 1 heterocycles. The largest absolute Gasteiger partial charge is 0.449 e. The van der Waals surface area contributed by atoms with E-state index in [9.17, 15) is 4.79 Å². The fourth-order valence-electron chi connectivity index (χ4n) is 3.77. The van der Waals surface area contributed by atoms with Crippen molar-refractivity contribution in [1.29, 1.82) is 0 Å². The molecule has 1 N–H and O–H groups in total. The number of alkyl carbamates (subject to hydrolysis) is 1. The van der Waals surface area contributed by atoms with Crippen LogP contribution in [0.15, 0.2) is 71.5 Å². The van der Waals surface area contributed by atoms with Gasteiger partial charge >= 0.3 is 6.09 Å². The third kappa shape index (κ3) is 3.94. The first-order valence-corrected chi connectivity index (χ1v) is 10.1. The molecule has 1 aliphatic carbocycles. The van der Waals surface area contributed by atoms with Crippen LogP contribution in [0, 0.1) is 0 Å². The van der Waals surface area contributed by atoms with E-state index in [0.29, 0.717) is 13.0 Å². The minimum Gasteiger partial charge on any atom is -0.449 e. The van der Waals surface area contributed by atoms with Crippen LogP contribution in [0.2, 0.25) is 0 Å². The van der Waals surface area contributed by atoms with E-state index in [1.54, 1.807) is 6.20 Å². The molecule has 1 atom stereocenters. The lowest BCUT2D eigenvalue weighted by Gasteiger charge is -2.17. The predicted molar refractivity (Wildman–Crippen MR) is 113 cm³/mol. The van der Waals surface area contributed by atoms with Crippen molar-refractivity contribution >= 4 is 22.0 Å². The molecular weight excluding hydrogens is 416 g/mol. The number of amides is 1. The number of nitrogens with one attached hydrogen (secondary N) is 1. The molecule has 142 valence electrons. The van der Waals surface area contributed by atoms with E-state index in [1.165, 1.54) is 22.3 Å². The van der Waals surface area contributed by atoms with Gasteiger partial charge in [-0.05, 0) is 63.2 Å². The summed E-state index contributed by atoms with van der Waals surface area (Å²) in [5.74, 6) is 0.0733. The van der Waals surface area contributed by atoms with Crippen LogP contribution in [0.3, 0.4) is 0 Å². The molecule has 4 nitrogen and oxygen atoms in total. The molecule has 0 saturated carbocycles. The van der Waals surface area contributed by atoms with Crippen molar-refractivity contribution in [3.63, 3.8) is 0 Å². The van der Waals surface area contributed by atoms with Crippen LogP contribution in [0.1, 0.15) is 29.5 Å². The highest BCUT2D eigenvalue weighted by atomic mass is 79.9. The Morgan fingerprint density at radius 3 is 2.32 bits per heavy atom. The second-order valence-electron chi connectivity index (χ2n) is 7.06.